The van der Waals surface area contributed by atoms with Gasteiger partial charge >= 0.3 is 0 Å². The molecule has 1 aromatic carbocycles. The molecule has 4 aromatic rings. The van der Waals surface area contributed by atoms with Crippen LogP contribution in [-0.4, -0.2) is 50.7 Å². The molecule has 196 valence electrons. The molecule has 0 atom stereocenters. The number of carbonyl (C=O) groups is 2. The topological polar surface area (TPSA) is 113 Å². The molecule has 2 aliphatic rings. The van der Waals surface area contributed by atoms with Gasteiger partial charge in [0.25, 0.3) is 11.1 Å². The monoisotopic (exact) mass is 537 g/mol. The number of fused-ring (bicyclic) bond motifs is 1. The van der Waals surface area contributed by atoms with Crippen LogP contribution in [0.15, 0.2) is 72.0 Å². The standard InChI is InChI=1S/C29H27N7O2S/c37-27-26(39-29(38)35-27)15-21-7-11-32-28(34-21)36-13-9-19(10-14-36)16-30-17-20-5-6-25(33-18-20)23-8-12-31-24-4-2-1-3-22(23)24/h1-8,11-12,15,18-19,30H,9-10,13-14,16-17H2,(H,35,37,38)/b26-15+. The van der Waals surface area contributed by atoms with Crippen molar-refractivity contribution in [3.63, 3.8) is 0 Å². The van der Waals surface area contributed by atoms with Crippen molar-refractivity contribution in [2.24, 2.45) is 5.92 Å². The zero-order valence-electron chi connectivity index (χ0n) is 21.2. The summed E-state index contributed by atoms with van der Waals surface area (Å²) in [4.78, 5) is 43.9. The summed E-state index contributed by atoms with van der Waals surface area (Å²) in [6.45, 7) is 3.46. The summed E-state index contributed by atoms with van der Waals surface area (Å²) >= 11 is 0.890. The molecular formula is C29H27N7O2S. The van der Waals surface area contributed by atoms with E-state index in [1.165, 1.54) is 0 Å². The molecule has 2 aliphatic heterocycles. The molecule has 3 aromatic heterocycles. The first kappa shape index (κ1) is 25.1. The fraction of sp³-hybridized carbons (Fsp3) is 0.241. The molecule has 0 bridgehead atoms. The number of benzene rings is 1. The summed E-state index contributed by atoms with van der Waals surface area (Å²) in [5.74, 6) is 0.845. The van der Waals surface area contributed by atoms with E-state index in [9.17, 15) is 9.59 Å². The van der Waals surface area contributed by atoms with Gasteiger partial charge in [0, 0.05) is 49.2 Å². The molecule has 0 radical (unpaired) electrons. The molecule has 5 heterocycles. The van der Waals surface area contributed by atoms with Crippen LogP contribution >= 0.6 is 11.8 Å². The van der Waals surface area contributed by atoms with E-state index >= 15 is 0 Å². The molecule has 6 rings (SSSR count). The average Bonchev–Trinajstić information content (AvgIpc) is 3.29. The van der Waals surface area contributed by atoms with Gasteiger partial charge in [0.15, 0.2) is 0 Å². The van der Waals surface area contributed by atoms with Gasteiger partial charge in [-0.3, -0.25) is 24.9 Å². The fourth-order valence-corrected chi connectivity index (χ4v) is 5.58. The number of aromatic nitrogens is 4. The van der Waals surface area contributed by atoms with E-state index in [0.29, 0.717) is 22.5 Å². The van der Waals surface area contributed by atoms with Gasteiger partial charge in [-0.15, -0.1) is 0 Å². The van der Waals surface area contributed by atoms with E-state index in [0.717, 1.165) is 78.5 Å². The van der Waals surface area contributed by atoms with Crippen molar-refractivity contribution in [3.05, 3.63) is 83.3 Å². The summed E-state index contributed by atoms with van der Waals surface area (Å²) in [6, 6.07) is 16.1. The number of nitrogens with one attached hydrogen (secondary N) is 2. The number of piperidine rings is 1. The smallest absolute Gasteiger partial charge is 0.290 e. The predicted molar refractivity (Wildman–Crippen MR) is 153 cm³/mol. The van der Waals surface area contributed by atoms with Crippen LogP contribution < -0.4 is 15.5 Å². The lowest BCUT2D eigenvalue weighted by Gasteiger charge is -2.32. The molecule has 2 fully saturated rings. The molecular weight excluding hydrogens is 510 g/mol. The van der Waals surface area contributed by atoms with Gasteiger partial charge in [-0.05, 0) is 73.0 Å². The third-order valence-corrected chi connectivity index (χ3v) is 7.81. The van der Waals surface area contributed by atoms with Crippen molar-refractivity contribution in [2.45, 2.75) is 19.4 Å². The van der Waals surface area contributed by atoms with Gasteiger partial charge in [0.1, 0.15) is 0 Å². The van der Waals surface area contributed by atoms with Crippen LogP contribution in [0, 0.1) is 5.92 Å². The van der Waals surface area contributed by atoms with Gasteiger partial charge in [-0.2, -0.15) is 0 Å². The van der Waals surface area contributed by atoms with Crippen molar-refractivity contribution in [2.75, 3.05) is 24.5 Å². The van der Waals surface area contributed by atoms with Gasteiger partial charge in [0.05, 0.1) is 21.8 Å². The van der Waals surface area contributed by atoms with Gasteiger partial charge in [-0.25, -0.2) is 9.97 Å². The number of rotatable bonds is 7. The first-order valence-electron chi connectivity index (χ1n) is 12.9. The highest BCUT2D eigenvalue weighted by atomic mass is 32.2. The number of para-hydroxylation sites is 1. The Morgan fingerprint density at radius 3 is 2.64 bits per heavy atom. The quantitative estimate of drug-likeness (QED) is 0.331. The van der Waals surface area contributed by atoms with Crippen LogP contribution in [0.25, 0.3) is 28.2 Å². The molecule has 2 saturated heterocycles. The van der Waals surface area contributed by atoms with Crippen molar-refractivity contribution in [1.29, 1.82) is 0 Å². The van der Waals surface area contributed by atoms with Gasteiger partial charge < -0.3 is 10.2 Å². The second-order valence-corrected chi connectivity index (χ2v) is 10.6. The molecule has 2 amide bonds. The van der Waals surface area contributed by atoms with Crippen molar-refractivity contribution in [3.8, 4) is 11.3 Å². The Labute approximate surface area is 230 Å². The molecule has 2 N–H and O–H groups in total. The second-order valence-electron chi connectivity index (χ2n) is 9.62. The number of anilines is 1. The summed E-state index contributed by atoms with van der Waals surface area (Å²) in [7, 11) is 0. The van der Waals surface area contributed by atoms with Crippen LogP contribution in [0.2, 0.25) is 0 Å². The lowest BCUT2D eigenvalue weighted by molar-refractivity contribution is -0.115. The number of amides is 2. The van der Waals surface area contributed by atoms with Gasteiger partial charge in [0.2, 0.25) is 5.95 Å². The minimum Gasteiger partial charge on any atom is -0.341 e. The lowest BCUT2D eigenvalue weighted by atomic mass is 9.97. The van der Waals surface area contributed by atoms with E-state index in [1.54, 1.807) is 18.3 Å². The third kappa shape index (κ3) is 5.81. The maximum absolute atomic E-state index is 11.8. The van der Waals surface area contributed by atoms with E-state index in [-0.39, 0.29) is 11.1 Å². The van der Waals surface area contributed by atoms with E-state index < -0.39 is 0 Å². The highest BCUT2D eigenvalue weighted by molar-refractivity contribution is 8.18. The number of nitrogens with zero attached hydrogens (tertiary/aromatic N) is 5. The number of imide groups is 1. The predicted octanol–water partition coefficient (Wildman–Crippen LogP) is 4.42. The maximum atomic E-state index is 11.8. The second kappa shape index (κ2) is 11.3. The van der Waals surface area contributed by atoms with Crippen LogP contribution in [0.4, 0.5) is 10.7 Å². The number of hydrogen-bond acceptors (Lipinski definition) is 9. The lowest BCUT2D eigenvalue weighted by Crippen LogP contribution is -2.38. The Balaban J connectivity index is 0.995. The van der Waals surface area contributed by atoms with Crippen molar-refractivity contribution < 1.29 is 9.59 Å². The Morgan fingerprint density at radius 1 is 1.00 bits per heavy atom. The number of thioether (sulfide) groups is 1. The van der Waals surface area contributed by atoms with E-state index in [2.05, 4.69) is 48.7 Å². The Kier molecular flexibility index (Phi) is 7.29. The highest BCUT2D eigenvalue weighted by Crippen LogP contribution is 2.27. The first-order valence-corrected chi connectivity index (χ1v) is 13.8. The van der Waals surface area contributed by atoms with Crippen molar-refractivity contribution >= 4 is 45.8 Å². The summed E-state index contributed by atoms with van der Waals surface area (Å²) in [5.41, 5.74) is 4.79. The Bertz CT molecular complexity index is 1540. The average molecular weight is 538 g/mol. The zero-order chi connectivity index (χ0) is 26.6. The van der Waals surface area contributed by atoms with Crippen molar-refractivity contribution in [1.82, 2.24) is 30.6 Å². The summed E-state index contributed by atoms with van der Waals surface area (Å²) in [5, 5.41) is 6.61. The molecule has 0 spiro atoms. The van der Waals surface area contributed by atoms with Crippen LogP contribution in [0.5, 0.6) is 0 Å². The molecule has 39 heavy (non-hydrogen) atoms. The minimum atomic E-state index is -0.382. The normalized spacial score (nSPS) is 17.2. The van der Waals surface area contributed by atoms with Crippen LogP contribution in [0.3, 0.4) is 0 Å². The van der Waals surface area contributed by atoms with E-state index in [4.69, 9.17) is 4.98 Å². The minimum absolute atomic E-state index is 0.352. The number of pyridine rings is 2. The Morgan fingerprint density at radius 2 is 1.85 bits per heavy atom. The Hall–Kier alpha value is -4.15. The van der Waals surface area contributed by atoms with Gasteiger partial charge in [-0.1, -0.05) is 24.3 Å². The molecule has 0 saturated carbocycles. The van der Waals surface area contributed by atoms with Crippen LogP contribution in [-0.2, 0) is 11.3 Å². The fourth-order valence-electron chi connectivity index (χ4n) is 4.92. The third-order valence-electron chi connectivity index (χ3n) is 6.99. The molecule has 10 heteroatoms. The molecule has 9 nitrogen and oxygen atoms in total. The molecule has 0 unspecified atom stereocenters. The number of carbonyl (C=O) groups excluding carboxylic acids is 2. The van der Waals surface area contributed by atoms with E-state index in [1.807, 2.05) is 36.7 Å². The van der Waals surface area contributed by atoms with Crippen LogP contribution in [0.1, 0.15) is 24.1 Å². The maximum Gasteiger partial charge on any atom is 0.290 e. The summed E-state index contributed by atoms with van der Waals surface area (Å²) in [6.07, 6.45) is 9.19. The first-order chi connectivity index (χ1) is 19.1. The largest absolute Gasteiger partial charge is 0.341 e. The number of hydrogen-bond donors (Lipinski definition) is 2. The highest BCUT2D eigenvalue weighted by Gasteiger charge is 2.25. The zero-order valence-corrected chi connectivity index (χ0v) is 22.0. The molecule has 0 aliphatic carbocycles. The summed E-state index contributed by atoms with van der Waals surface area (Å²) < 4.78 is 0. The SMILES string of the molecule is O=C1NC(=O)/C(=C\c2ccnc(N3CCC(CNCc4ccc(-c5ccnc6ccccc56)nc4)CC3)n2)S1.